The van der Waals surface area contributed by atoms with Gasteiger partial charge in [0.05, 0.1) is 22.6 Å². The molecule has 0 aliphatic heterocycles. The van der Waals surface area contributed by atoms with Crippen molar-refractivity contribution in [2.24, 2.45) is 0 Å². The third kappa shape index (κ3) is 4.77. The summed E-state index contributed by atoms with van der Waals surface area (Å²) in [6.07, 6.45) is -0.705. The van der Waals surface area contributed by atoms with Crippen LogP contribution in [-0.4, -0.2) is 21.2 Å². The van der Waals surface area contributed by atoms with Crippen molar-refractivity contribution in [2.75, 3.05) is 0 Å². The number of hydrogen-bond donors (Lipinski definition) is 1. The first-order chi connectivity index (χ1) is 14.0. The van der Waals surface area contributed by atoms with Gasteiger partial charge in [0.25, 0.3) is 5.56 Å². The predicted molar refractivity (Wildman–Crippen MR) is 118 cm³/mol. The second kappa shape index (κ2) is 8.29. The van der Waals surface area contributed by atoms with E-state index in [0.717, 1.165) is 20.3 Å². The van der Waals surface area contributed by atoms with Gasteiger partial charge in [0.15, 0.2) is 0 Å². The quantitative estimate of drug-likeness (QED) is 0.495. The fourth-order valence-corrected chi connectivity index (χ4v) is 3.57. The van der Waals surface area contributed by atoms with Gasteiger partial charge < -0.3 is 10.1 Å². The molecule has 1 atom stereocenters. The van der Waals surface area contributed by atoms with E-state index >= 15 is 0 Å². The van der Waals surface area contributed by atoms with Crippen molar-refractivity contribution in [3.05, 3.63) is 67.8 Å². The Bertz CT molecular complexity index is 1170. The standard InChI is InChI=1S/C21H20F2IN3O3/c1-11(25-20(29)30-21(2,3)4)18-26-17-15(6-5-7-16(17)24)19(28)27(18)14-9-12(22)8-13(23)10-14/h5-11H,1-4H3,(H,25,29)/t11-/m0/s1. The number of amides is 1. The molecule has 0 unspecified atom stereocenters. The van der Waals surface area contributed by atoms with Crippen molar-refractivity contribution < 1.29 is 18.3 Å². The number of carbonyl (C=O) groups excluding carboxylic acids is 1. The molecule has 1 aromatic heterocycles. The van der Waals surface area contributed by atoms with Crippen LogP contribution in [0.4, 0.5) is 13.6 Å². The first-order valence-corrected chi connectivity index (χ1v) is 10.2. The maximum absolute atomic E-state index is 13.9. The Morgan fingerprint density at radius 2 is 1.83 bits per heavy atom. The number of hydrogen-bond acceptors (Lipinski definition) is 4. The summed E-state index contributed by atoms with van der Waals surface area (Å²) in [5, 5.41) is 2.92. The second-order valence-electron chi connectivity index (χ2n) is 7.74. The summed E-state index contributed by atoms with van der Waals surface area (Å²) in [5.41, 5.74) is -0.819. The Morgan fingerprint density at radius 3 is 2.43 bits per heavy atom. The monoisotopic (exact) mass is 527 g/mol. The lowest BCUT2D eigenvalue weighted by atomic mass is 10.2. The lowest BCUT2D eigenvalue weighted by Gasteiger charge is -2.23. The molecule has 6 nitrogen and oxygen atoms in total. The highest BCUT2D eigenvalue weighted by atomic mass is 127. The lowest BCUT2D eigenvalue weighted by molar-refractivity contribution is 0.0505. The molecule has 0 saturated heterocycles. The fourth-order valence-electron chi connectivity index (χ4n) is 2.95. The van der Waals surface area contributed by atoms with Crippen molar-refractivity contribution >= 4 is 39.6 Å². The first-order valence-electron chi connectivity index (χ1n) is 9.13. The second-order valence-corrected chi connectivity index (χ2v) is 8.90. The molecule has 1 amide bonds. The number of nitrogens with zero attached hydrogens (tertiary/aromatic N) is 2. The third-order valence-corrected chi connectivity index (χ3v) is 4.97. The van der Waals surface area contributed by atoms with Crippen molar-refractivity contribution in [3.63, 3.8) is 0 Å². The van der Waals surface area contributed by atoms with E-state index in [0.29, 0.717) is 17.0 Å². The van der Waals surface area contributed by atoms with Crippen LogP contribution in [0, 0.1) is 15.2 Å². The zero-order valence-electron chi connectivity index (χ0n) is 16.8. The van der Waals surface area contributed by atoms with Crippen LogP contribution >= 0.6 is 22.6 Å². The fraction of sp³-hybridized carbons (Fsp3) is 0.286. The molecule has 1 N–H and O–H groups in total. The van der Waals surface area contributed by atoms with Crippen LogP contribution < -0.4 is 10.9 Å². The van der Waals surface area contributed by atoms with E-state index in [9.17, 15) is 18.4 Å². The number of ether oxygens (including phenoxy) is 1. The first kappa shape index (κ1) is 22.1. The number of benzene rings is 2. The molecule has 0 fully saturated rings. The van der Waals surface area contributed by atoms with E-state index in [-0.39, 0.29) is 11.5 Å². The van der Waals surface area contributed by atoms with Gasteiger partial charge >= 0.3 is 6.09 Å². The molecule has 0 saturated carbocycles. The van der Waals surface area contributed by atoms with E-state index in [1.165, 1.54) is 0 Å². The number of aromatic nitrogens is 2. The third-order valence-electron chi connectivity index (χ3n) is 4.10. The van der Waals surface area contributed by atoms with Gasteiger partial charge in [0.1, 0.15) is 23.1 Å². The maximum Gasteiger partial charge on any atom is 0.408 e. The zero-order chi connectivity index (χ0) is 22.2. The van der Waals surface area contributed by atoms with E-state index in [1.807, 2.05) is 0 Å². The molecule has 9 heteroatoms. The van der Waals surface area contributed by atoms with Crippen LogP contribution in [0.2, 0.25) is 0 Å². The van der Waals surface area contributed by atoms with Gasteiger partial charge in [-0.25, -0.2) is 18.6 Å². The van der Waals surface area contributed by atoms with Gasteiger partial charge in [0, 0.05) is 9.64 Å². The molecule has 0 aliphatic rings. The summed E-state index contributed by atoms with van der Waals surface area (Å²) in [7, 11) is 0. The summed E-state index contributed by atoms with van der Waals surface area (Å²) < 4.78 is 34.9. The molecule has 2 aromatic carbocycles. The van der Waals surface area contributed by atoms with Gasteiger partial charge in [-0.1, -0.05) is 6.07 Å². The number of nitrogens with one attached hydrogen (secondary N) is 1. The number of carbonyl (C=O) groups is 1. The van der Waals surface area contributed by atoms with E-state index in [4.69, 9.17) is 4.74 Å². The minimum atomic E-state index is -0.835. The Labute approximate surface area is 185 Å². The van der Waals surface area contributed by atoms with Gasteiger partial charge in [-0.3, -0.25) is 9.36 Å². The molecular weight excluding hydrogens is 507 g/mol. The SMILES string of the molecule is C[C@H](NC(=O)OC(C)(C)C)c1nc2c(I)cccc2c(=O)n1-c1cc(F)cc(F)c1. The largest absolute Gasteiger partial charge is 0.444 e. The van der Waals surface area contributed by atoms with Crippen molar-refractivity contribution in [1.29, 1.82) is 0 Å². The van der Waals surface area contributed by atoms with Crippen LogP contribution in [0.3, 0.4) is 0 Å². The number of fused-ring (bicyclic) bond motifs is 1. The van der Waals surface area contributed by atoms with Crippen LogP contribution in [-0.2, 0) is 4.74 Å². The summed E-state index contributed by atoms with van der Waals surface area (Å²) in [6.45, 7) is 6.78. The zero-order valence-corrected chi connectivity index (χ0v) is 19.0. The van der Waals surface area contributed by atoms with Crippen LogP contribution in [0.25, 0.3) is 16.6 Å². The molecule has 0 radical (unpaired) electrons. The van der Waals surface area contributed by atoms with Crippen molar-refractivity contribution in [3.8, 4) is 5.69 Å². The van der Waals surface area contributed by atoms with Crippen LogP contribution in [0.15, 0.2) is 41.2 Å². The Kier molecular flexibility index (Phi) is 6.11. The van der Waals surface area contributed by atoms with Gasteiger partial charge in [-0.2, -0.15) is 0 Å². The van der Waals surface area contributed by atoms with Crippen LogP contribution in [0.5, 0.6) is 0 Å². The molecule has 3 aromatic rings. The smallest absolute Gasteiger partial charge is 0.408 e. The highest BCUT2D eigenvalue weighted by Gasteiger charge is 2.23. The van der Waals surface area contributed by atoms with E-state index < -0.39 is 34.9 Å². The molecule has 3 rings (SSSR count). The van der Waals surface area contributed by atoms with E-state index in [1.54, 1.807) is 45.9 Å². The predicted octanol–water partition coefficient (Wildman–Crippen LogP) is 4.85. The normalized spacial score (nSPS) is 12.6. The maximum atomic E-state index is 13.9. The number of rotatable bonds is 3. The molecule has 0 bridgehead atoms. The van der Waals surface area contributed by atoms with Crippen molar-refractivity contribution in [1.82, 2.24) is 14.9 Å². The van der Waals surface area contributed by atoms with Gasteiger partial charge in [-0.15, -0.1) is 0 Å². The van der Waals surface area contributed by atoms with E-state index in [2.05, 4.69) is 32.9 Å². The summed E-state index contributed by atoms with van der Waals surface area (Å²) >= 11 is 2.05. The average Bonchev–Trinajstić information content (AvgIpc) is 2.59. The minimum Gasteiger partial charge on any atom is -0.444 e. The number of halogens is 3. The highest BCUT2D eigenvalue weighted by Crippen LogP contribution is 2.22. The molecule has 158 valence electrons. The average molecular weight is 527 g/mol. The molecule has 1 heterocycles. The van der Waals surface area contributed by atoms with Crippen LogP contribution in [0.1, 0.15) is 39.6 Å². The molecular formula is C21H20F2IN3O3. The number of alkyl carbamates (subject to hydrolysis) is 1. The van der Waals surface area contributed by atoms with Gasteiger partial charge in [-0.05, 0) is 74.6 Å². The van der Waals surface area contributed by atoms with Gasteiger partial charge in [0.2, 0.25) is 0 Å². The Hall–Kier alpha value is -2.56. The summed E-state index contributed by atoms with van der Waals surface area (Å²) in [5.74, 6) is -1.55. The minimum absolute atomic E-state index is 0.0291. The molecule has 30 heavy (non-hydrogen) atoms. The lowest BCUT2D eigenvalue weighted by Crippen LogP contribution is -2.37. The van der Waals surface area contributed by atoms with Crippen molar-refractivity contribution in [2.45, 2.75) is 39.3 Å². The Balaban J connectivity index is 2.22. The summed E-state index contributed by atoms with van der Waals surface area (Å²) in [4.78, 5) is 30.1. The molecule has 0 spiro atoms. The summed E-state index contributed by atoms with van der Waals surface area (Å²) in [6, 6.07) is 7.08. The topological polar surface area (TPSA) is 73.2 Å². The number of para-hydroxylation sites is 1. The highest BCUT2D eigenvalue weighted by molar-refractivity contribution is 14.1. The Morgan fingerprint density at radius 1 is 1.20 bits per heavy atom. The molecule has 0 aliphatic carbocycles.